The molecule has 0 aromatic carbocycles. The molecule has 0 bridgehead atoms. The Kier molecular flexibility index (Phi) is 3.91. The lowest BCUT2D eigenvalue weighted by atomic mass is 10.1. The summed E-state index contributed by atoms with van der Waals surface area (Å²) in [6.07, 6.45) is 3.15. The van der Waals surface area contributed by atoms with E-state index in [0.717, 1.165) is 3.79 Å². The Morgan fingerprint density at radius 2 is 2.24 bits per heavy atom. The van der Waals surface area contributed by atoms with E-state index in [-0.39, 0.29) is 5.78 Å². The van der Waals surface area contributed by atoms with Crippen LogP contribution in [-0.4, -0.2) is 17.4 Å². The molecular weight excluding hydrogens is 302 g/mol. The highest BCUT2D eigenvalue weighted by molar-refractivity contribution is 9.11. The van der Waals surface area contributed by atoms with Gasteiger partial charge in [-0.3, -0.25) is 9.78 Å². The highest BCUT2D eigenvalue weighted by atomic mass is 79.9. The third kappa shape index (κ3) is 2.92. The van der Waals surface area contributed by atoms with E-state index in [4.69, 9.17) is 4.74 Å². The standard InChI is InChI=1S/C12H10BrNO2S/c1-2-16-10-3-8(5-14-6-10)12(15)9-4-11(13)17-7-9/h3-7H,2H2,1H3. The minimum Gasteiger partial charge on any atom is -0.492 e. The van der Waals surface area contributed by atoms with Crippen LogP contribution in [-0.2, 0) is 0 Å². The zero-order valence-electron chi connectivity index (χ0n) is 9.14. The summed E-state index contributed by atoms with van der Waals surface area (Å²) >= 11 is 4.82. The lowest BCUT2D eigenvalue weighted by Gasteiger charge is -2.03. The molecule has 2 aromatic rings. The van der Waals surface area contributed by atoms with Crippen molar-refractivity contribution in [1.82, 2.24) is 4.98 Å². The van der Waals surface area contributed by atoms with Crippen molar-refractivity contribution < 1.29 is 9.53 Å². The molecule has 2 rings (SSSR count). The van der Waals surface area contributed by atoms with Crippen molar-refractivity contribution in [2.24, 2.45) is 0 Å². The van der Waals surface area contributed by atoms with E-state index in [1.54, 1.807) is 24.5 Å². The predicted octanol–water partition coefficient (Wildman–Crippen LogP) is 3.54. The summed E-state index contributed by atoms with van der Waals surface area (Å²) in [5, 5.41) is 1.82. The van der Waals surface area contributed by atoms with Crippen LogP contribution in [0, 0.1) is 0 Å². The van der Waals surface area contributed by atoms with E-state index in [2.05, 4.69) is 20.9 Å². The van der Waals surface area contributed by atoms with Gasteiger partial charge in [-0.1, -0.05) is 0 Å². The van der Waals surface area contributed by atoms with Crippen molar-refractivity contribution in [2.75, 3.05) is 6.61 Å². The smallest absolute Gasteiger partial charge is 0.195 e. The van der Waals surface area contributed by atoms with E-state index in [1.807, 2.05) is 12.3 Å². The van der Waals surface area contributed by atoms with Gasteiger partial charge in [0.1, 0.15) is 5.75 Å². The molecule has 0 aliphatic rings. The minimum absolute atomic E-state index is 0.0407. The molecule has 0 amide bonds. The average Bonchev–Trinajstić information content (AvgIpc) is 2.76. The number of carbonyl (C=O) groups is 1. The predicted molar refractivity (Wildman–Crippen MR) is 70.9 cm³/mol. The number of aromatic nitrogens is 1. The molecule has 0 saturated carbocycles. The fourth-order valence-corrected chi connectivity index (χ4v) is 2.52. The molecule has 0 aliphatic heterocycles. The highest BCUT2D eigenvalue weighted by Crippen LogP contribution is 2.23. The summed E-state index contributed by atoms with van der Waals surface area (Å²) in [5.74, 6) is 0.577. The Bertz CT molecular complexity index is 539. The fraction of sp³-hybridized carbons (Fsp3) is 0.167. The van der Waals surface area contributed by atoms with Gasteiger partial charge in [-0.25, -0.2) is 0 Å². The molecule has 3 nitrogen and oxygen atoms in total. The Hall–Kier alpha value is -1.20. The Balaban J connectivity index is 2.27. The molecule has 0 atom stereocenters. The first-order chi connectivity index (χ1) is 8.20. The van der Waals surface area contributed by atoms with Gasteiger partial charge in [0.2, 0.25) is 0 Å². The topological polar surface area (TPSA) is 39.2 Å². The number of carbonyl (C=O) groups excluding carboxylic acids is 1. The number of rotatable bonds is 4. The van der Waals surface area contributed by atoms with E-state index in [9.17, 15) is 4.79 Å². The van der Waals surface area contributed by atoms with E-state index >= 15 is 0 Å². The molecule has 0 N–H and O–H groups in total. The molecular formula is C12H10BrNO2S. The van der Waals surface area contributed by atoms with Gasteiger partial charge < -0.3 is 4.74 Å². The van der Waals surface area contributed by atoms with Crippen LogP contribution in [0.2, 0.25) is 0 Å². The number of pyridine rings is 1. The maximum atomic E-state index is 12.1. The largest absolute Gasteiger partial charge is 0.492 e. The molecule has 17 heavy (non-hydrogen) atoms. The van der Waals surface area contributed by atoms with Crippen LogP contribution in [0.3, 0.4) is 0 Å². The Morgan fingerprint density at radius 1 is 1.41 bits per heavy atom. The average molecular weight is 312 g/mol. The van der Waals surface area contributed by atoms with E-state index < -0.39 is 0 Å². The molecule has 0 radical (unpaired) electrons. The van der Waals surface area contributed by atoms with Gasteiger partial charge in [0.15, 0.2) is 5.78 Å². The maximum Gasteiger partial charge on any atom is 0.195 e. The van der Waals surface area contributed by atoms with Crippen molar-refractivity contribution in [3.8, 4) is 5.75 Å². The first-order valence-corrected chi connectivity index (χ1v) is 6.74. The van der Waals surface area contributed by atoms with Gasteiger partial charge in [0, 0.05) is 22.7 Å². The molecule has 0 aliphatic carbocycles. The molecule has 0 saturated heterocycles. The zero-order chi connectivity index (χ0) is 12.3. The van der Waals surface area contributed by atoms with Gasteiger partial charge in [-0.05, 0) is 35.0 Å². The summed E-state index contributed by atoms with van der Waals surface area (Å²) in [6.45, 7) is 2.45. The van der Waals surface area contributed by atoms with Crippen molar-refractivity contribution in [1.29, 1.82) is 0 Å². The third-order valence-corrected chi connectivity index (χ3v) is 3.62. The normalized spacial score (nSPS) is 10.2. The number of ether oxygens (including phenoxy) is 1. The summed E-state index contributed by atoms with van der Waals surface area (Å²) in [7, 11) is 0. The molecule has 2 aromatic heterocycles. The summed E-state index contributed by atoms with van der Waals surface area (Å²) in [5.41, 5.74) is 1.21. The van der Waals surface area contributed by atoms with Crippen LogP contribution in [0.5, 0.6) is 5.75 Å². The Labute approximate surface area is 112 Å². The van der Waals surface area contributed by atoms with Crippen molar-refractivity contribution in [2.45, 2.75) is 6.92 Å². The third-order valence-electron chi connectivity index (χ3n) is 2.12. The zero-order valence-corrected chi connectivity index (χ0v) is 11.5. The molecule has 88 valence electrons. The van der Waals surface area contributed by atoms with Crippen LogP contribution in [0.15, 0.2) is 33.7 Å². The monoisotopic (exact) mass is 311 g/mol. The lowest BCUT2D eigenvalue weighted by molar-refractivity contribution is 0.103. The van der Waals surface area contributed by atoms with Gasteiger partial charge in [0.25, 0.3) is 0 Å². The number of nitrogens with zero attached hydrogens (tertiary/aromatic N) is 1. The second kappa shape index (κ2) is 5.42. The van der Waals surface area contributed by atoms with Crippen molar-refractivity contribution >= 4 is 33.0 Å². The number of hydrogen-bond acceptors (Lipinski definition) is 4. The van der Waals surface area contributed by atoms with E-state index in [1.165, 1.54) is 11.3 Å². The summed E-state index contributed by atoms with van der Waals surface area (Å²) in [4.78, 5) is 16.1. The van der Waals surface area contributed by atoms with Crippen molar-refractivity contribution in [3.05, 3.63) is 44.8 Å². The number of hydrogen-bond donors (Lipinski definition) is 0. The van der Waals surface area contributed by atoms with Gasteiger partial charge in [0.05, 0.1) is 16.6 Å². The van der Waals surface area contributed by atoms with Gasteiger partial charge in [-0.2, -0.15) is 0 Å². The number of halogens is 1. The lowest BCUT2D eigenvalue weighted by Crippen LogP contribution is -2.01. The number of ketones is 1. The maximum absolute atomic E-state index is 12.1. The highest BCUT2D eigenvalue weighted by Gasteiger charge is 2.12. The first-order valence-electron chi connectivity index (χ1n) is 5.07. The molecule has 2 heterocycles. The molecule has 0 spiro atoms. The van der Waals surface area contributed by atoms with Crippen LogP contribution in [0.1, 0.15) is 22.8 Å². The van der Waals surface area contributed by atoms with Gasteiger partial charge in [-0.15, -0.1) is 11.3 Å². The fourth-order valence-electron chi connectivity index (χ4n) is 1.38. The second-order valence-electron chi connectivity index (χ2n) is 3.31. The van der Waals surface area contributed by atoms with Crippen LogP contribution in [0.4, 0.5) is 0 Å². The molecule has 0 fully saturated rings. The second-order valence-corrected chi connectivity index (χ2v) is 5.60. The molecule has 0 unspecified atom stereocenters. The quantitative estimate of drug-likeness (QED) is 0.811. The van der Waals surface area contributed by atoms with E-state index in [0.29, 0.717) is 23.5 Å². The van der Waals surface area contributed by atoms with Crippen LogP contribution < -0.4 is 4.74 Å². The SMILES string of the molecule is CCOc1cncc(C(=O)c2csc(Br)c2)c1. The summed E-state index contributed by atoms with van der Waals surface area (Å²) in [6, 6.07) is 3.52. The van der Waals surface area contributed by atoms with Gasteiger partial charge >= 0.3 is 0 Å². The van der Waals surface area contributed by atoms with Crippen molar-refractivity contribution in [3.63, 3.8) is 0 Å². The van der Waals surface area contributed by atoms with Crippen LogP contribution >= 0.6 is 27.3 Å². The minimum atomic E-state index is -0.0407. The first kappa shape index (κ1) is 12.3. The summed E-state index contributed by atoms with van der Waals surface area (Å²) < 4.78 is 6.26. The number of thiophene rings is 1. The van der Waals surface area contributed by atoms with Crippen LogP contribution in [0.25, 0.3) is 0 Å². The molecule has 5 heteroatoms. The Morgan fingerprint density at radius 3 is 2.88 bits per heavy atom.